The summed E-state index contributed by atoms with van der Waals surface area (Å²) >= 11 is 0. The van der Waals surface area contributed by atoms with Crippen molar-refractivity contribution >= 4 is 5.97 Å². The molecule has 0 amide bonds. The lowest BCUT2D eigenvalue weighted by Gasteiger charge is -2.26. The Kier molecular flexibility index (Phi) is 2.53. The first-order chi connectivity index (χ1) is 7.79. The minimum Gasteiger partial charge on any atom is -0.463 e. The zero-order chi connectivity index (χ0) is 11.1. The first-order valence-electron chi connectivity index (χ1n) is 6.66. The van der Waals surface area contributed by atoms with E-state index in [0.29, 0.717) is 6.61 Å². The smallest absolute Gasteiger partial charge is 0.330 e. The average molecular weight is 220 g/mol. The topological polar surface area (TPSA) is 26.3 Å². The normalized spacial score (nSPS) is 42.7. The molecule has 0 aliphatic heterocycles. The molecule has 2 nitrogen and oxygen atoms in total. The zero-order valence-corrected chi connectivity index (χ0v) is 9.95. The summed E-state index contributed by atoms with van der Waals surface area (Å²) in [4.78, 5) is 11.5. The number of allylic oxidation sites excluding steroid dienone is 1. The molecule has 16 heavy (non-hydrogen) atoms. The summed E-state index contributed by atoms with van der Waals surface area (Å²) in [6.45, 7) is 2.35. The number of fused-ring (bicyclic) bond motifs is 5. The van der Waals surface area contributed by atoms with Crippen molar-refractivity contribution in [2.24, 2.45) is 23.7 Å². The summed E-state index contributed by atoms with van der Waals surface area (Å²) in [7, 11) is 0. The molecule has 3 aliphatic rings. The third-order valence-electron chi connectivity index (χ3n) is 4.87. The molecule has 0 aromatic rings. The van der Waals surface area contributed by atoms with E-state index in [2.05, 4.69) is 0 Å². The van der Waals surface area contributed by atoms with Gasteiger partial charge in [0, 0.05) is 6.08 Å². The monoisotopic (exact) mass is 220 g/mol. The lowest BCUT2D eigenvalue weighted by molar-refractivity contribution is -0.137. The van der Waals surface area contributed by atoms with Gasteiger partial charge in [-0.15, -0.1) is 0 Å². The maximum atomic E-state index is 11.5. The van der Waals surface area contributed by atoms with Crippen LogP contribution in [0.2, 0.25) is 0 Å². The van der Waals surface area contributed by atoms with Crippen LogP contribution in [0.1, 0.15) is 39.0 Å². The highest BCUT2D eigenvalue weighted by atomic mass is 16.5. The van der Waals surface area contributed by atoms with Gasteiger partial charge in [-0.25, -0.2) is 4.79 Å². The van der Waals surface area contributed by atoms with Gasteiger partial charge in [-0.1, -0.05) is 12.0 Å². The molecule has 2 heteroatoms. The fourth-order valence-electron chi connectivity index (χ4n) is 4.39. The van der Waals surface area contributed by atoms with E-state index in [1.54, 1.807) is 6.08 Å². The standard InChI is InChI=1S/C14H20O2/c1-2-16-14(15)8-10-6-9-7-13(10)12-5-3-4-11(9)12/h8-9,11-13H,2-7H2,1H3/b10-8+. The number of carbonyl (C=O) groups excluding carboxylic acids is 1. The van der Waals surface area contributed by atoms with Crippen molar-refractivity contribution in [3.63, 3.8) is 0 Å². The van der Waals surface area contributed by atoms with Crippen LogP contribution in [-0.2, 0) is 9.53 Å². The highest BCUT2D eigenvalue weighted by Gasteiger charge is 2.51. The van der Waals surface area contributed by atoms with Gasteiger partial charge in [0.15, 0.2) is 0 Å². The van der Waals surface area contributed by atoms with Gasteiger partial charge in [0.25, 0.3) is 0 Å². The van der Waals surface area contributed by atoms with Crippen LogP contribution in [0.3, 0.4) is 0 Å². The van der Waals surface area contributed by atoms with E-state index in [4.69, 9.17) is 4.74 Å². The first kappa shape index (κ1) is 10.4. The van der Waals surface area contributed by atoms with Crippen LogP contribution < -0.4 is 0 Å². The fourth-order valence-corrected chi connectivity index (χ4v) is 4.39. The molecule has 4 unspecified atom stereocenters. The van der Waals surface area contributed by atoms with Crippen molar-refractivity contribution < 1.29 is 9.53 Å². The molecule has 0 aromatic carbocycles. The number of ether oxygens (including phenoxy) is 1. The molecule has 3 fully saturated rings. The molecule has 0 saturated heterocycles. The highest BCUT2D eigenvalue weighted by Crippen LogP contribution is 2.60. The Balaban J connectivity index is 1.74. The minimum atomic E-state index is -0.125. The Morgan fingerprint density at radius 2 is 2.25 bits per heavy atom. The van der Waals surface area contributed by atoms with Crippen molar-refractivity contribution in [3.8, 4) is 0 Å². The Labute approximate surface area is 97.1 Å². The Morgan fingerprint density at radius 3 is 3.06 bits per heavy atom. The summed E-state index contributed by atoms with van der Waals surface area (Å²) in [5, 5.41) is 0. The second kappa shape index (κ2) is 3.90. The maximum Gasteiger partial charge on any atom is 0.330 e. The first-order valence-corrected chi connectivity index (χ1v) is 6.66. The van der Waals surface area contributed by atoms with Crippen LogP contribution in [-0.4, -0.2) is 12.6 Å². The second-order valence-corrected chi connectivity index (χ2v) is 5.54. The quantitative estimate of drug-likeness (QED) is 0.528. The average Bonchev–Trinajstić information content (AvgIpc) is 2.86. The fraction of sp³-hybridized carbons (Fsp3) is 0.786. The van der Waals surface area contributed by atoms with E-state index < -0.39 is 0 Å². The van der Waals surface area contributed by atoms with E-state index in [9.17, 15) is 4.79 Å². The molecule has 88 valence electrons. The van der Waals surface area contributed by atoms with E-state index >= 15 is 0 Å². The maximum absolute atomic E-state index is 11.5. The number of rotatable bonds is 2. The predicted octanol–water partition coefficient (Wildman–Crippen LogP) is 2.93. The number of esters is 1. The summed E-state index contributed by atoms with van der Waals surface area (Å²) < 4.78 is 5.01. The molecular formula is C14H20O2. The van der Waals surface area contributed by atoms with Gasteiger partial charge in [0.05, 0.1) is 6.61 Å². The van der Waals surface area contributed by atoms with Crippen LogP contribution in [0.25, 0.3) is 0 Å². The van der Waals surface area contributed by atoms with Crippen molar-refractivity contribution in [1.82, 2.24) is 0 Å². The molecule has 2 bridgehead atoms. The van der Waals surface area contributed by atoms with E-state index in [1.807, 2.05) is 6.92 Å². The highest BCUT2D eigenvalue weighted by molar-refractivity contribution is 5.83. The largest absolute Gasteiger partial charge is 0.463 e. The molecule has 0 spiro atoms. The van der Waals surface area contributed by atoms with Gasteiger partial charge in [-0.2, -0.15) is 0 Å². The molecule has 3 saturated carbocycles. The van der Waals surface area contributed by atoms with Crippen molar-refractivity contribution in [1.29, 1.82) is 0 Å². The number of hydrogen-bond donors (Lipinski definition) is 0. The van der Waals surface area contributed by atoms with Gasteiger partial charge < -0.3 is 4.74 Å². The Morgan fingerprint density at radius 1 is 1.44 bits per heavy atom. The van der Waals surface area contributed by atoms with Crippen molar-refractivity contribution in [3.05, 3.63) is 11.6 Å². The number of carbonyl (C=O) groups is 1. The van der Waals surface area contributed by atoms with Gasteiger partial charge in [0.1, 0.15) is 0 Å². The predicted molar refractivity (Wildman–Crippen MR) is 61.8 cm³/mol. The van der Waals surface area contributed by atoms with Crippen LogP contribution in [0.4, 0.5) is 0 Å². The van der Waals surface area contributed by atoms with Crippen LogP contribution in [0.5, 0.6) is 0 Å². The molecule has 0 radical (unpaired) electrons. The minimum absolute atomic E-state index is 0.125. The van der Waals surface area contributed by atoms with Gasteiger partial charge in [-0.3, -0.25) is 0 Å². The molecule has 3 aliphatic carbocycles. The Bertz CT molecular complexity index is 332. The molecule has 3 rings (SSSR count). The summed E-state index contributed by atoms with van der Waals surface area (Å²) in [5.41, 5.74) is 1.40. The van der Waals surface area contributed by atoms with E-state index in [1.165, 1.54) is 37.7 Å². The summed E-state index contributed by atoms with van der Waals surface area (Å²) in [6, 6.07) is 0. The molecule has 0 aromatic heterocycles. The van der Waals surface area contributed by atoms with E-state index in [-0.39, 0.29) is 5.97 Å². The third-order valence-corrected chi connectivity index (χ3v) is 4.87. The lowest BCUT2D eigenvalue weighted by atomic mass is 9.79. The van der Waals surface area contributed by atoms with Crippen LogP contribution in [0, 0.1) is 23.7 Å². The van der Waals surface area contributed by atoms with Crippen molar-refractivity contribution in [2.45, 2.75) is 39.0 Å². The van der Waals surface area contributed by atoms with Crippen LogP contribution >= 0.6 is 0 Å². The van der Waals surface area contributed by atoms with Gasteiger partial charge in [0.2, 0.25) is 0 Å². The molecule has 0 N–H and O–H groups in total. The molecule has 4 atom stereocenters. The zero-order valence-electron chi connectivity index (χ0n) is 9.95. The van der Waals surface area contributed by atoms with Crippen molar-refractivity contribution in [2.75, 3.05) is 6.61 Å². The lowest BCUT2D eigenvalue weighted by Crippen LogP contribution is -2.19. The second-order valence-electron chi connectivity index (χ2n) is 5.54. The molecular weight excluding hydrogens is 200 g/mol. The van der Waals surface area contributed by atoms with Gasteiger partial charge in [-0.05, 0) is 56.3 Å². The van der Waals surface area contributed by atoms with Crippen LogP contribution in [0.15, 0.2) is 11.6 Å². The summed E-state index contributed by atoms with van der Waals surface area (Å²) in [5.74, 6) is 3.38. The van der Waals surface area contributed by atoms with E-state index in [0.717, 1.165) is 23.7 Å². The summed E-state index contributed by atoms with van der Waals surface area (Å²) in [6.07, 6.45) is 8.56. The third kappa shape index (κ3) is 1.50. The SMILES string of the molecule is CCOC(=O)/C=C1\CC2CC1C1CCCC21. The number of hydrogen-bond acceptors (Lipinski definition) is 2. The van der Waals surface area contributed by atoms with Gasteiger partial charge >= 0.3 is 5.97 Å². The molecule has 0 heterocycles. The Hall–Kier alpha value is -0.790.